The Morgan fingerprint density at radius 2 is 1.88 bits per heavy atom. The van der Waals surface area contributed by atoms with Crippen LogP contribution in [0.3, 0.4) is 0 Å². The number of piperidine rings is 1. The highest BCUT2D eigenvalue weighted by Gasteiger charge is 2.43. The van der Waals surface area contributed by atoms with Gasteiger partial charge in [0.1, 0.15) is 17.3 Å². The van der Waals surface area contributed by atoms with Gasteiger partial charge < -0.3 is 30.1 Å². The second-order valence-electron chi connectivity index (χ2n) is 12.2. The number of urea groups is 1. The summed E-state index contributed by atoms with van der Waals surface area (Å²) in [5.41, 5.74) is -0.952. The number of likely N-dealkylation sites (N-methyl/N-ethyl adjacent to an activating group) is 1. The Morgan fingerprint density at radius 1 is 1.10 bits per heavy atom. The molecule has 0 bridgehead atoms. The number of para-hydroxylation sites is 1. The van der Waals surface area contributed by atoms with E-state index in [4.69, 9.17) is 9.47 Å². The van der Waals surface area contributed by atoms with Crippen LogP contribution in [0.1, 0.15) is 76.2 Å². The molecule has 1 heterocycles. The molecule has 2 aromatic carbocycles. The van der Waals surface area contributed by atoms with Crippen LogP contribution < -0.4 is 15.4 Å². The predicted molar refractivity (Wildman–Crippen MR) is 164 cm³/mol. The van der Waals surface area contributed by atoms with Crippen molar-refractivity contribution in [3.8, 4) is 11.5 Å². The Balaban J connectivity index is 1.54. The second kappa shape index (κ2) is 16.2. The largest absolute Gasteiger partial charge is 0.457 e. The molecule has 3 N–H and O–H groups in total. The van der Waals surface area contributed by atoms with E-state index in [0.717, 1.165) is 32.2 Å². The van der Waals surface area contributed by atoms with Gasteiger partial charge in [0.15, 0.2) is 0 Å². The summed E-state index contributed by atoms with van der Waals surface area (Å²) < 4.78 is 26.2. The number of hydrogen-bond donors (Lipinski definition) is 3. The first-order valence-corrected chi connectivity index (χ1v) is 15.9. The lowest BCUT2D eigenvalue weighted by molar-refractivity contribution is -0.0577. The van der Waals surface area contributed by atoms with E-state index >= 15 is 0 Å². The van der Waals surface area contributed by atoms with Gasteiger partial charge in [0, 0.05) is 50.9 Å². The fraction of sp³-hybridized carbons (Fsp3) is 0.618. The van der Waals surface area contributed by atoms with E-state index in [1.807, 2.05) is 42.3 Å². The zero-order valence-corrected chi connectivity index (χ0v) is 25.5. The first-order chi connectivity index (χ1) is 20.4. The van der Waals surface area contributed by atoms with Gasteiger partial charge in [-0.2, -0.15) is 0 Å². The van der Waals surface area contributed by atoms with Crippen molar-refractivity contribution < 1.29 is 23.8 Å². The molecule has 7 nitrogen and oxygen atoms in total. The van der Waals surface area contributed by atoms with E-state index in [1.54, 1.807) is 13.2 Å². The summed E-state index contributed by atoms with van der Waals surface area (Å²) in [7, 11) is 3.59. The van der Waals surface area contributed by atoms with Crippen molar-refractivity contribution in [3.05, 3.63) is 59.9 Å². The maximum absolute atomic E-state index is 14.8. The number of nitrogens with one attached hydrogen (secondary N) is 2. The molecule has 3 atom stereocenters. The standard InChI is InChI=1S/C34H50FN3O4/c1-36-24-29(22-26-12-5-3-6-13-26)37-33(39)38-20-11-14-27(25-38)34(40,19-9-10-21-41-2)31-23-28(35)17-18-32(31)42-30-15-7-4-8-16-30/h4,7-8,15-18,23,26-27,29,36,40H,3,5-6,9-14,19-22,24-25H2,1-2H3,(H,37,39). The Morgan fingerprint density at radius 3 is 2.62 bits per heavy atom. The van der Waals surface area contributed by atoms with Gasteiger partial charge in [-0.3, -0.25) is 0 Å². The van der Waals surface area contributed by atoms with Gasteiger partial charge in [-0.1, -0.05) is 50.3 Å². The van der Waals surface area contributed by atoms with Crippen molar-refractivity contribution >= 4 is 6.03 Å². The molecular formula is C34H50FN3O4. The topological polar surface area (TPSA) is 83.1 Å². The number of aliphatic hydroxyl groups is 1. The van der Waals surface area contributed by atoms with E-state index in [2.05, 4.69) is 10.6 Å². The van der Waals surface area contributed by atoms with Crippen LogP contribution in [0.25, 0.3) is 0 Å². The molecule has 0 aromatic heterocycles. The fourth-order valence-electron chi connectivity index (χ4n) is 6.83. The van der Waals surface area contributed by atoms with Crippen LogP contribution in [-0.4, -0.2) is 62.5 Å². The van der Waals surface area contributed by atoms with Crippen LogP contribution in [0, 0.1) is 17.7 Å². The molecule has 3 unspecified atom stereocenters. The van der Waals surface area contributed by atoms with Gasteiger partial charge in [0.05, 0.1) is 5.60 Å². The summed E-state index contributed by atoms with van der Waals surface area (Å²) in [5.74, 6) is 0.995. The van der Waals surface area contributed by atoms with Crippen LogP contribution in [-0.2, 0) is 10.3 Å². The molecule has 1 saturated heterocycles. The number of hydrogen-bond acceptors (Lipinski definition) is 5. The SMILES string of the molecule is CNCC(CC1CCCCC1)NC(=O)N1CCCC(C(O)(CCCCOC)c2cc(F)ccc2Oc2ccccc2)C1. The Kier molecular flexibility index (Phi) is 12.5. The molecule has 2 aromatic rings. The number of likely N-dealkylation sites (tertiary alicyclic amines) is 1. The minimum Gasteiger partial charge on any atom is -0.457 e. The van der Waals surface area contributed by atoms with Crippen molar-refractivity contribution in [2.45, 2.75) is 82.3 Å². The van der Waals surface area contributed by atoms with Crippen LogP contribution in [0.5, 0.6) is 11.5 Å². The molecule has 8 heteroatoms. The van der Waals surface area contributed by atoms with E-state index in [1.165, 1.54) is 44.2 Å². The maximum Gasteiger partial charge on any atom is 0.317 e. The molecule has 2 amide bonds. The number of rotatable bonds is 14. The second-order valence-corrected chi connectivity index (χ2v) is 12.2. The average Bonchev–Trinajstić information content (AvgIpc) is 3.01. The molecule has 1 aliphatic heterocycles. The zero-order chi connectivity index (χ0) is 29.8. The number of benzene rings is 2. The van der Waals surface area contributed by atoms with E-state index in [-0.39, 0.29) is 18.0 Å². The molecule has 0 radical (unpaired) electrons. The molecule has 2 fully saturated rings. The number of halogens is 1. The number of carbonyl (C=O) groups is 1. The lowest BCUT2D eigenvalue weighted by Gasteiger charge is -2.43. The first kappa shape index (κ1) is 32.2. The van der Waals surface area contributed by atoms with Crippen molar-refractivity contribution in [1.82, 2.24) is 15.5 Å². The average molecular weight is 584 g/mol. The third kappa shape index (κ3) is 8.91. The molecule has 42 heavy (non-hydrogen) atoms. The molecule has 2 aliphatic rings. The number of carbonyl (C=O) groups excluding carboxylic acids is 1. The molecule has 232 valence electrons. The highest BCUT2D eigenvalue weighted by molar-refractivity contribution is 5.74. The highest BCUT2D eigenvalue weighted by atomic mass is 19.1. The van der Waals surface area contributed by atoms with Gasteiger partial charge in [-0.05, 0) is 81.8 Å². The number of unbranched alkanes of at least 4 members (excludes halogenated alkanes) is 1. The molecule has 0 spiro atoms. The third-order valence-corrected chi connectivity index (χ3v) is 9.04. The van der Waals surface area contributed by atoms with Crippen molar-refractivity contribution in [2.75, 3.05) is 40.4 Å². The fourth-order valence-corrected chi connectivity index (χ4v) is 6.83. The van der Waals surface area contributed by atoms with Gasteiger partial charge in [0.2, 0.25) is 0 Å². The van der Waals surface area contributed by atoms with Gasteiger partial charge in [0.25, 0.3) is 0 Å². The summed E-state index contributed by atoms with van der Waals surface area (Å²) in [6.07, 6.45) is 10.7. The molecule has 1 saturated carbocycles. The summed E-state index contributed by atoms with van der Waals surface area (Å²) in [6.45, 7) is 2.34. The van der Waals surface area contributed by atoms with Crippen LogP contribution in [0.15, 0.2) is 48.5 Å². The Hall–Kier alpha value is -2.68. The summed E-state index contributed by atoms with van der Waals surface area (Å²) in [5, 5.41) is 19.1. The zero-order valence-electron chi connectivity index (χ0n) is 25.5. The molecule has 1 aliphatic carbocycles. The number of nitrogens with zero attached hydrogens (tertiary/aromatic N) is 1. The summed E-state index contributed by atoms with van der Waals surface area (Å²) >= 11 is 0. The van der Waals surface area contributed by atoms with Gasteiger partial charge in [-0.25, -0.2) is 9.18 Å². The number of ether oxygens (including phenoxy) is 2. The van der Waals surface area contributed by atoms with Gasteiger partial charge >= 0.3 is 6.03 Å². The summed E-state index contributed by atoms with van der Waals surface area (Å²) in [4.78, 5) is 15.4. The number of amides is 2. The third-order valence-electron chi connectivity index (χ3n) is 9.04. The predicted octanol–water partition coefficient (Wildman–Crippen LogP) is 6.60. The van der Waals surface area contributed by atoms with Crippen LogP contribution >= 0.6 is 0 Å². The minimum atomic E-state index is -1.38. The Bertz CT molecular complexity index is 1100. The highest BCUT2D eigenvalue weighted by Crippen LogP contribution is 2.44. The Labute approximate surface area is 251 Å². The minimum absolute atomic E-state index is 0.0630. The molecule has 4 rings (SSSR count). The lowest BCUT2D eigenvalue weighted by Crippen LogP contribution is -2.54. The van der Waals surface area contributed by atoms with Crippen LogP contribution in [0.2, 0.25) is 0 Å². The summed E-state index contributed by atoms with van der Waals surface area (Å²) in [6, 6.07) is 13.7. The van der Waals surface area contributed by atoms with Crippen LogP contribution in [0.4, 0.5) is 9.18 Å². The van der Waals surface area contributed by atoms with Crippen molar-refractivity contribution in [1.29, 1.82) is 0 Å². The van der Waals surface area contributed by atoms with E-state index < -0.39 is 11.4 Å². The quantitative estimate of drug-likeness (QED) is 0.218. The number of methoxy groups -OCH3 is 1. The smallest absolute Gasteiger partial charge is 0.317 e. The van der Waals surface area contributed by atoms with E-state index in [9.17, 15) is 14.3 Å². The monoisotopic (exact) mass is 583 g/mol. The van der Waals surface area contributed by atoms with Crippen molar-refractivity contribution in [3.63, 3.8) is 0 Å². The lowest BCUT2D eigenvalue weighted by atomic mass is 9.73. The molecular weight excluding hydrogens is 533 g/mol. The van der Waals surface area contributed by atoms with Crippen molar-refractivity contribution in [2.24, 2.45) is 11.8 Å². The normalized spacial score (nSPS) is 20.1. The first-order valence-electron chi connectivity index (χ1n) is 15.9. The van der Waals surface area contributed by atoms with E-state index in [0.29, 0.717) is 55.5 Å². The maximum atomic E-state index is 14.8. The van der Waals surface area contributed by atoms with Gasteiger partial charge in [-0.15, -0.1) is 0 Å².